The van der Waals surface area contributed by atoms with Crippen molar-refractivity contribution in [1.29, 1.82) is 0 Å². The van der Waals surface area contributed by atoms with E-state index in [0.717, 1.165) is 11.5 Å². The quantitative estimate of drug-likeness (QED) is 0.408. The van der Waals surface area contributed by atoms with Gasteiger partial charge in [-0.25, -0.2) is 14.2 Å². The van der Waals surface area contributed by atoms with Crippen LogP contribution in [0.2, 0.25) is 0 Å². The molecular weight excluding hydrogens is 427 g/mol. The van der Waals surface area contributed by atoms with Crippen molar-refractivity contribution in [2.75, 3.05) is 19.0 Å². The maximum Gasteiger partial charge on any atom is 0.319 e. The molecule has 0 aliphatic carbocycles. The molecule has 0 atom stereocenters. The first-order chi connectivity index (χ1) is 15.0. The summed E-state index contributed by atoms with van der Waals surface area (Å²) >= 11 is 0.842. The third kappa shape index (κ3) is 5.92. The van der Waals surface area contributed by atoms with Gasteiger partial charge in [-0.3, -0.25) is 10.1 Å². The fourth-order valence-electron chi connectivity index (χ4n) is 2.62. The molecule has 10 nitrogen and oxygen atoms in total. The van der Waals surface area contributed by atoms with Crippen LogP contribution in [-0.2, 0) is 13.2 Å². The molecule has 2 heterocycles. The first kappa shape index (κ1) is 22.0. The van der Waals surface area contributed by atoms with E-state index >= 15 is 0 Å². The van der Waals surface area contributed by atoms with Gasteiger partial charge >= 0.3 is 6.03 Å². The summed E-state index contributed by atoms with van der Waals surface area (Å²) in [6.45, 7) is 0.932. The van der Waals surface area contributed by atoms with Crippen LogP contribution in [0, 0.1) is 5.82 Å². The Hall–Kier alpha value is -3.67. The second-order valence-corrected chi connectivity index (χ2v) is 7.11. The smallest absolute Gasteiger partial charge is 0.319 e. The van der Waals surface area contributed by atoms with E-state index in [9.17, 15) is 14.0 Å². The van der Waals surface area contributed by atoms with Crippen molar-refractivity contribution < 1.29 is 23.5 Å². The Morgan fingerprint density at radius 2 is 2.19 bits per heavy atom. The number of nitrogens with two attached hydrogens (primary N) is 1. The number of aromatic nitrogens is 3. The Morgan fingerprint density at radius 3 is 2.87 bits per heavy atom. The van der Waals surface area contributed by atoms with Crippen LogP contribution in [0.5, 0.6) is 11.6 Å². The van der Waals surface area contributed by atoms with Gasteiger partial charge in [0.1, 0.15) is 28.7 Å². The number of amides is 3. The van der Waals surface area contributed by atoms with Crippen LogP contribution in [0.4, 0.5) is 14.2 Å². The number of hydrogen-bond donors (Lipinski definition) is 3. The number of anilines is 1. The summed E-state index contributed by atoms with van der Waals surface area (Å²) < 4.78 is 30.4. The standard InChI is InChI=1S/C19H21FN6O4S/c1-29-13-4-3-12(14(20)9-13)10-30-17-15(16(21)27)18(31-25-17)24-19(28)23-5-2-7-26-8-6-22-11-26/h3-4,6,8-9,11H,2,5,7,10H2,1H3,(H2,21,27)(H2,23,24,28). The summed E-state index contributed by atoms with van der Waals surface area (Å²) in [5.74, 6) is -1.06. The zero-order valence-electron chi connectivity index (χ0n) is 16.6. The number of aryl methyl sites for hydroxylation is 1. The van der Waals surface area contributed by atoms with Crippen LogP contribution in [0.25, 0.3) is 0 Å². The normalized spacial score (nSPS) is 10.5. The summed E-state index contributed by atoms with van der Waals surface area (Å²) in [5.41, 5.74) is 5.59. The Labute approximate surface area is 181 Å². The molecule has 4 N–H and O–H groups in total. The van der Waals surface area contributed by atoms with E-state index in [2.05, 4.69) is 20.0 Å². The number of carbonyl (C=O) groups is 2. The molecule has 0 aliphatic rings. The zero-order chi connectivity index (χ0) is 22.2. The van der Waals surface area contributed by atoms with Gasteiger partial charge in [0.2, 0.25) is 5.88 Å². The van der Waals surface area contributed by atoms with E-state index in [1.54, 1.807) is 18.6 Å². The highest BCUT2D eigenvalue weighted by Crippen LogP contribution is 2.31. The van der Waals surface area contributed by atoms with Crippen molar-refractivity contribution in [2.24, 2.45) is 5.73 Å². The lowest BCUT2D eigenvalue weighted by Crippen LogP contribution is -2.30. The largest absolute Gasteiger partial charge is 0.497 e. The van der Waals surface area contributed by atoms with Crippen molar-refractivity contribution in [1.82, 2.24) is 19.2 Å². The second-order valence-electron chi connectivity index (χ2n) is 6.34. The van der Waals surface area contributed by atoms with Crippen molar-refractivity contribution in [3.05, 3.63) is 53.9 Å². The molecule has 12 heteroatoms. The van der Waals surface area contributed by atoms with Crippen molar-refractivity contribution >= 4 is 28.5 Å². The number of nitrogens with zero attached hydrogens (tertiary/aromatic N) is 3. The lowest BCUT2D eigenvalue weighted by atomic mass is 10.2. The zero-order valence-corrected chi connectivity index (χ0v) is 17.4. The van der Waals surface area contributed by atoms with Crippen LogP contribution in [0.15, 0.2) is 36.9 Å². The van der Waals surface area contributed by atoms with Gasteiger partial charge in [-0.15, -0.1) is 0 Å². The molecule has 164 valence electrons. The molecular formula is C19H21FN6O4S. The number of carbonyl (C=O) groups excluding carboxylic acids is 2. The van der Waals surface area contributed by atoms with Gasteiger partial charge in [0.05, 0.1) is 13.4 Å². The van der Waals surface area contributed by atoms with E-state index in [4.69, 9.17) is 15.2 Å². The van der Waals surface area contributed by atoms with Crippen LogP contribution in [0.3, 0.4) is 0 Å². The first-order valence-corrected chi connectivity index (χ1v) is 10.0. The molecule has 0 bridgehead atoms. The van der Waals surface area contributed by atoms with Gasteiger partial charge in [-0.05, 0) is 30.1 Å². The number of ether oxygens (including phenoxy) is 2. The highest BCUT2D eigenvalue weighted by atomic mass is 32.1. The van der Waals surface area contributed by atoms with Crippen molar-refractivity contribution in [3.63, 3.8) is 0 Å². The van der Waals surface area contributed by atoms with Gasteiger partial charge in [0, 0.05) is 37.1 Å². The highest BCUT2D eigenvalue weighted by molar-refractivity contribution is 7.11. The summed E-state index contributed by atoms with van der Waals surface area (Å²) in [7, 11) is 1.43. The molecule has 0 spiro atoms. The Morgan fingerprint density at radius 1 is 1.35 bits per heavy atom. The van der Waals surface area contributed by atoms with Crippen LogP contribution in [0.1, 0.15) is 22.3 Å². The molecule has 3 rings (SSSR count). The number of halogens is 1. The summed E-state index contributed by atoms with van der Waals surface area (Å²) in [6.07, 6.45) is 5.89. The Balaban J connectivity index is 1.56. The molecule has 0 radical (unpaired) electrons. The molecule has 0 fully saturated rings. The fourth-order valence-corrected chi connectivity index (χ4v) is 3.36. The van der Waals surface area contributed by atoms with Crippen LogP contribution in [-0.4, -0.2) is 39.5 Å². The van der Waals surface area contributed by atoms with Gasteiger partial charge < -0.3 is 25.1 Å². The van der Waals surface area contributed by atoms with Gasteiger partial charge in [0.25, 0.3) is 5.91 Å². The van der Waals surface area contributed by atoms with E-state index in [-0.39, 0.29) is 28.6 Å². The minimum atomic E-state index is -0.825. The number of methoxy groups -OCH3 is 1. The molecule has 31 heavy (non-hydrogen) atoms. The Kier molecular flexibility index (Phi) is 7.38. The maximum absolute atomic E-state index is 14.1. The lowest BCUT2D eigenvalue weighted by molar-refractivity contribution is 0.0996. The van der Waals surface area contributed by atoms with Crippen molar-refractivity contribution in [3.8, 4) is 11.6 Å². The number of imidazole rings is 1. The highest BCUT2D eigenvalue weighted by Gasteiger charge is 2.22. The number of hydrogen-bond acceptors (Lipinski definition) is 7. The first-order valence-electron chi connectivity index (χ1n) is 9.23. The minimum absolute atomic E-state index is 0.0764. The number of primary amides is 1. The Bertz CT molecular complexity index is 1040. The van der Waals surface area contributed by atoms with Gasteiger partial charge in [-0.2, -0.15) is 4.37 Å². The van der Waals surface area contributed by atoms with E-state index in [1.165, 1.54) is 19.2 Å². The monoisotopic (exact) mass is 448 g/mol. The average molecular weight is 448 g/mol. The summed E-state index contributed by atoms with van der Waals surface area (Å²) in [6, 6.07) is 3.80. The molecule has 3 aromatic rings. The SMILES string of the molecule is COc1ccc(COc2nsc(NC(=O)NCCCn3ccnc3)c2C(N)=O)c(F)c1. The third-order valence-electron chi connectivity index (χ3n) is 4.20. The van der Waals surface area contributed by atoms with Gasteiger partial charge in [-0.1, -0.05) is 0 Å². The number of benzene rings is 1. The molecule has 1 aromatic carbocycles. The third-order valence-corrected chi connectivity index (χ3v) is 4.94. The van der Waals surface area contributed by atoms with E-state index in [1.807, 2.05) is 10.8 Å². The molecule has 0 aliphatic heterocycles. The second kappa shape index (κ2) is 10.4. The summed E-state index contributed by atoms with van der Waals surface area (Å²) in [4.78, 5) is 27.9. The predicted molar refractivity (Wildman–Crippen MR) is 112 cm³/mol. The molecule has 3 amide bonds. The fraction of sp³-hybridized carbons (Fsp3) is 0.263. The molecule has 0 saturated heterocycles. The van der Waals surface area contributed by atoms with Gasteiger partial charge in [0.15, 0.2) is 0 Å². The number of nitrogens with one attached hydrogen (secondary N) is 2. The summed E-state index contributed by atoms with van der Waals surface area (Å²) in [5, 5.41) is 5.38. The molecule has 0 unspecified atom stereocenters. The maximum atomic E-state index is 14.1. The number of urea groups is 1. The van der Waals surface area contributed by atoms with Crippen molar-refractivity contribution in [2.45, 2.75) is 19.6 Å². The number of rotatable bonds is 10. The average Bonchev–Trinajstić information content (AvgIpc) is 3.40. The predicted octanol–water partition coefficient (Wildman–Crippen LogP) is 2.38. The van der Waals surface area contributed by atoms with E-state index in [0.29, 0.717) is 25.3 Å². The lowest BCUT2D eigenvalue weighted by Gasteiger charge is -2.09. The van der Waals surface area contributed by atoms with E-state index < -0.39 is 17.8 Å². The molecule has 0 saturated carbocycles. The topological polar surface area (TPSA) is 133 Å². The minimum Gasteiger partial charge on any atom is -0.497 e. The van der Waals surface area contributed by atoms with Crippen LogP contribution < -0.4 is 25.8 Å². The van der Waals surface area contributed by atoms with Crippen LogP contribution >= 0.6 is 11.5 Å². The molecule has 2 aromatic heterocycles.